The van der Waals surface area contributed by atoms with Crippen LogP contribution in [-0.2, 0) is 5.54 Å². The first-order valence-electron chi connectivity index (χ1n) is 4.90. The van der Waals surface area contributed by atoms with Crippen molar-refractivity contribution in [2.24, 2.45) is 5.73 Å². The molecule has 1 aliphatic rings. The van der Waals surface area contributed by atoms with Gasteiger partial charge in [0, 0.05) is 5.54 Å². The molecule has 0 radical (unpaired) electrons. The summed E-state index contributed by atoms with van der Waals surface area (Å²) in [6.45, 7) is 0. The second kappa shape index (κ2) is 3.55. The Kier molecular flexibility index (Phi) is 2.54. The predicted molar refractivity (Wildman–Crippen MR) is 60.1 cm³/mol. The molecule has 1 aliphatic carbocycles. The van der Waals surface area contributed by atoms with Crippen molar-refractivity contribution in [3.63, 3.8) is 0 Å². The topological polar surface area (TPSA) is 46.2 Å². The van der Waals surface area contributed by atoms with E-state index < -0.39 is 0 Å². The fourth-order valence-electron chi connectivity index (χ4n) is 2.11. The summed E-state index contributed by atoms with van der Waals surface area (Å²) in [5.41, 5.74) is 7.25. The number of aromatic hydroxyl groups is 1. The van der Waals surface area contributed by atoms with Crippen LogP contribution < -0.4 is 5.73 Å². The van der Waals surface area contributed by atoms with E-state index in [0.717, 1.165) is 22.9 Å². The Morgan fingerprint density at radius 1 is 1.29 bits per heavy atom. The highest BCUT2D eigenvalue weighted by Crippen LogP contribution is 2.38. The Hall–Kier alpha value is -0.540. The van der Waals surface area contributed by atoms with Gasteiger partial charge in [-0.3, -0.25) is 0 Å². The lowest BCUT2D eigenvalue weighted by Crippen LogP contribution is -2.32. The van der Waals surface area contributed by atoms with Gasteiger partial charge in [-0.1, -0.05) is 18.9 Å². The highest BCUT2D eigenvalue weighted by molar-refractivity contribution is 9.10. The lowest BCUT2D eigenvalue weighted by Gasteiger charge is -2.24. The number of phenolic OH excluding ortho intramolecular Hbond substituents is 1. The Bertz CT molecular complexity index is 345. The quantitative estimate of drug-likeness (QED) is 0.811. The summed E-state index contributed by atoms with van der Waals surface area (Å²) in [5.74, 6) is 0.273. The normalized spacial score (nSPS) is 19.9. The number of halogens is 1. The number of benzene rings is 1. The number of hydrogen-bond acceptors (Lipinski definition) is 2. The van der Waals surface area contributed by atoms with Gasteiger partial charge in [-0.2, -0.15) is 0 Å². The van der Waals surface area contributed by atoms with Crippen LogP contribution in [0.2, 0.25) is 0 Å². The van der Waals surface area contributed by atoms with E-state index >= 15 is 0 Å². The minimum absolute atomic E-state index is 0.170. The first-order chi connectivity index (χ1) is 6.62. The lowest BCUT2D eigenvalue weighted by molar-refractivity contribution is 0.453. The van der Waals surface area contributed by atoms with Gasteiger partial charge in [0.2, 0.25) is 0 Å². The van der Waals surface area contributed by atoms with Crippen molar-refractivity contribution in [1.29, 1.82) is 0 Å². The van der Waals surface area contributed by atoms with Crippen LogP contribution >= 0.6 is 15.9 Å². The van der Waals surface area contributed by atoms with E-state index in [-0.39, 0.29) is 11.3 Å². The summed E-state index contributed by atoms with van der Waals surface area (Å²) in [6, 6.07) is 5.55. The first kappa shape index (κ1) is 9.99. The van der Waals surface area contributed by atoms with Gasteiger partial charge in [-0.05, 0) is 46.5 Å². The third kappa shape index (κ3) is 1.66. The Labute approximate surface area is 92.3 Å². The van der Waals surface area contributed by atoms with Gasteiger partial charge >= 0.3 is 0 Å². The molecule has 0 spiro atoms. The van der Waals surface area contributed by atoms with Crippen molar-refractivity contribution in [2.45, 2.75) is 31.2 Å². The van der Waals surface area contributed by atoms with Gasteiger partial charge < -0.3 is 10.8 Å². The minimum atomic E-state index is -0.170. The molecule has 14 heavy (non-hydrogen) atoms. The Balaban J connectivity index is 2.36. The van der Waals surface area contributed by atoms with Gasteiger partial charge in [-0.25, -0.2) is 0 Å². The zero-order chi connectivity index (χ0) is 10.2. The molecular formula is C11H14BrNO. The van der Waals surface area contributed by atoms with E-state index in [1.165, 1.54) is 12.8 Å². The molecule has 76 valence electrons. The van der Waals surface area contributed by atoms with Gasteiger partial charge in [0.15, 0.2) is 0 Å². The zero-order valence-electron chi connectivity index (χ0n) is 7.96. The van der Waals surface area contributed by atoms with Gasteiger partial charge in [0.1, 0.15) is 5.75 Å². The van der Waals surface area contributed by atoms with E-state index in [4.69, 9.17) is 5.73 Å². The third-order valence-electron chi connectivity index (χ3n) is 3.02. The molecule has 2 nitrogen and oxygen atoms in total. The molecule has 0 aliphatic heterocycles. The molecule has 3 N–H and O–H groups in total. The van der Waals surface area contributed by atoms with Crippen LogP contribution in [0.5, 0.6) is 5.75 Å². The molecule has 1 aromatic rings. The third-order valence-corrected chi connectivity index (χ3v) is 3.65. The van der Waals surface area contributed by atoms with Crippen molar-refractivity contribution >= 4 is 15.9 Å². The highest BCUT2D eigenvalue weighted by Gasteiger charge is 2.31. The summed E-state index contributed by atoms with van der Waals surface area (Å²) >= 11 is 3.31. The molecule has 0 amide bonds. The SMILES string of the molecule is NC1(c2ccc(O)c(Br)c2)CCCC1. The van der Waals surface area contributed by atoms with Crippen molar-refractivity contribution in [3.8, 4) is 5.75 Å². The van der Waals surface area contributed by atoms with Gasteiger partial charge in [0.05, 0.1) is 4.47 Å². The van der Waals surface area contributed by atoms with Crippen LogP contribution in [0, 0.1) is 0 Å². The molecular weight excluding hydrogens is 242 g/mol. The van der Waals surface area contributed by atoms with E-state index in [1.54, 1.807) is 6.07 Å². The minimum Gasteiger partial charge on any atom is -0.507 e. The lowest BCUT2D eigenvalue weighted by atomic mass is 9.89. The summed E-state index contributed by atoms with van der Waals surface area (Å²) in [7, 11) is 0. The fraction of sp³-hybridized carbons (Fsp3) is 0.455. The van der Waals surface area contributed by atoms with Crippen LogP contribution in [-0.4, -0.2) is 5.11 Å². The number of nitrogens with two attached hydrogens (primary N) is 1. The standard InChI is InChI=1S/C11H14BrNO/c12-9-7-8(3-4-10(9)14)11(13)5-1-2-6-11/h3-4,7,14H,1-2,5-6,13H2. The molecule has 1 saturated carbocycles. The molecule has 1 fully saturated rings. The van der Waals surface area contributed by atoms with Crippen LogP contribution in [0.15, 0.2) is 22.7 Å². The van der Waals surface area contributed by atoms with Crippen molar-refractivity contribution in [3.05, 3.63) is 28.2 Å². The molecule has 0 saturated heterocycles. The van der Waals surface area contributed by atoms with Gasteiger partial charge in [-0.15, -0.1) is 0 Å². The second-order valence-electron chi connectivity index (χ2n) is 4.03. The predicted octanol–water partition coefficient (Wildman–Crippen LogP) is 2.88. The Morgan fingerprint density at radius 3 is 2.50 bits per heavy atom. The van der Waals surface area contributed by atoms with E-state index in [2.05, 4.69) is 15.9 Å². The summed E-state index contributed by atoms with van der Waals surface area (Å²) in [6.07, 6.45) is 4.50. The number of phenols is 1. The van der Waals surface area contributed by atoms with Crippen molar-refractivity contribution < 1.29 is 5.11 Å². The van der Waals surface area contributed by atoms with Gasteiger partial charge in [0.25, 0.3) is 0 Å². The van der Waals surface area contributed by atoms with Crippen LogP contribution in [0.25, 0.3) is 0 Å². The summed E-state index contributed by atoms with van der Waals surface area (Å²) in [4.78, 5) is 0. The summed E-state index contributed by atoms with van der Waals surface area (Å²) in [5, 5.41) is 9.38. The molecule has 0 aromatic heterocycles. The van der Waals surface area contributed by atoms with Crippen molar-refractivity contribution in [1.82, 2.24) is 0 Å². The van der Waals surface area contributed by atoms with Crippen LogP contribution in [0.1, 0.15) is 31.2 Å². The molecule has 3 heteroatoms. The second-order valence-corrected chi connectivity index (χ2v) is 4.88. The number of hydrogen-bond donors (Lipinski definition) is 2. The maximum Gasteiger partial charge on any atom is 0.129 e. The zero-order valence-corrected chi connectivity index (χ0v) is 9.55. The van der Waals surface area contributed by atoms with Crippen molar-refractivity contribution in [2.75, 3.05) is 0 Å². The Morgan fingerprint density at radius 2 is 1.93 bits per heavy atom. The maximum atomic E-state index is 9.38. The van der Waals surface area contributed by atoms with E-state index in [1.807, 2.05) is 12.1 Å². The fourth-order valence-corrected chi connectivity index (χ4v) is 2.49. The monoisotopic (exact) mass is 255 g/mol. The molecule has 2 rings (SSSR count). The summed E-state index contributed by atoms with van der Waals surface area (Å²) < 4.78 is 0.728. The van der Waals surface area contributed by atoms with E-state index in [0.29, 0.717) is 0 Å². The number of rotatable bonds is 1. The molecule has 0 heterocycles. The van der Waals surface area contributed by atoms with E-state index in [9.17, 15) is 5.11 Å². The molecule has 0 atom stereocenters. The average molecular weight is 256 g/mol. The smallest absolute Gasteiger partial charge is 0.129 e. The molecule has 0 bridgehead atoms. The van der Waals surface area contributed by atoms with Crippen LogP contribution in [0.3, 0.4) is 0 Å². The maximum absolute atomic E-state index is 9.38. The van der Waals surface area contributed by atoms with Crippen LogP contribution in [0.4, 0.5) is 0 Å². The molecule has 0 unspecified atom stereocenters. The first-order valence-corrected chi connectivity index (χ1v) is 5.69. The highest BCUT2D eigenvalue weighted by atomic mass is 79.9. The molecule has 1 aromatic carbocycles. The average Bonchev–Trinajstić information content (AvgIpc) is 2.58. The largest absolute Gasteiger partial charge is 0.507 e.